The van der Waals surface area contributed by atoms with Gasteiger partial charge in [0.1, 0.15) is 0 Å². The summed E-state index contributed by atoms with van der Waals surface area (Å²) in [5.74, 6) is 0.798. The van der Waals surface area contributed by atoms with Gasteiger partial charge in [0, 0.05) is 23.0 Å². The van der Waals surface area contributed by atoms with E-state index in [1.165, 1.54) is 0 Å². The largest absolute Gasteiger partial charge is 0.490 e. The van der Waals surface area contributed by atoms with Crippen LogP contribution in [-0.4, -0.2) is 16.0 Å². The van der Waals surface area contributed by atoms with Gasteiger partial charge < -0.3 is 9.14 Å². The van der Waals surface area contributed by atoms with Crippen LogP contribution in [0.15, 0.2) is 42.7 Å². The molecule has 0 fully saturated rings. The molecule has 3 aromatic rings. The number of halogens is 1. The summed E-state index contributed by atoms with van der Waals surface area (Å²) in [5, 5.41) is 0.771. The maximum Gasteiger partial charge on any atom is 0.180 e. The van der Waals surface area contributed by atoms with Crippen LogP contribution >= 0.6 is 11.6 Å². The average molecular weight is 287 g/mol. The van der Waals surface area contributed by atoms with E-state index >= 15 is 0 Å². The molecule has 0 aliphatic heterocycles. The summed E-state index contributed by atoms with van der Waals surface area (Å²) >= 11 is 6.07. The highest BCUT2D eigenvalue weighted by Gasteiger charge is 2.09. The number of benzene rings is 1. The lowest BCUT2D eigenvalue weighted by Gasteiger charge is -2.03. The summed E-state index contributed by atoms with van der Waals surface area (Å²) in [7, 11) is 0. The molecule has 20 heavy (non-hydrogen) atoms. The highest BCUT2D eigenvalue weighted by Crippen LogP contribution is 2.27. The molecule has 0 saturated heterocycles. The van der Waals surface area contributed by atoms with E-state index in [4.69, 9.17) is 16.3 Å². The number of pyridine rings is 1. The molecule has 0 atom stereocenters. The van der Waals surface area contributed by atoms with Crippen LogP contribution in [0.3, 0.4) is 0 Å². The Bertz CT molecular complexity index is 764. The van der Waals surface area contributed by atoms with Crippen LogP contribution < -0.4 is 4.74 Å². The highest BCUT2D eigenvalue weighted by molar-refractivity contribution is 6.31. The number of aryl methyl sites for hydroxylation is 1. The van der Waals surface area contributed by atoms with Crippen molar-refractivity contribution in [3.8, 4) is 17.0 Å². The van der Waals surface area contributed by atoms with Crippen molar-refractivity contribution in [2.75, 3.05) is 6.61 Å². The second kappa shape index (κ2) is 5.17. The van der Waals surface area contributed by atoms with Gasteiger partial charge in [-0.25, -0.2) is 4.98 Å². The molecule has 0 radical (unpaired) electrons. The van der Waals surface area contributed by atoms with Crippen LogP contribution in [0, 0.1) is 6.92 Å². The van der Waals surface area contributed by atoms with E-state index in [9.17, 15) is 0 Å². The quantitative estimate of drug-likeness (QED) is 0.715. The second-order valence-corrected chi connectivity index (χ2v) is 5.03. The van der Waals surface area contributed by atoms with E-state index in [1.54, 1.807) is 0 Å². The van der Waals surface area contributed by atoms with Crippen molar-refractivity contribution in [3.63, 3.8) is 0 Å². The molecule has 0 aliphatic rings. The first-order valence-electron chi connectivity index (χ1n) is 6.56. The Morgan fingerprint density at radius 3 is 2.90 bits per heavy atom. The Hall–Kier alpha value is -2.00. The molecular formula is C16H15ClN2O. The molecule has 0 amide bonds. The lowest BCUT2D eigenvalue weighted by Crippen LogP contribution is -1.94. The minimum Gasteiger partial charge on any atom is -0.490 e. The maximum absolute atomic E-state index is 6.07. The zero-order valence-electron chi connectivity index (χ0n) is 11.4. The van der Waals surface area contributed by atoms with Crippen molar-refractivity contribution < 1.29 is 4.74 Å². The lowest BCUT2D eigenvalue weighted by molar-refractivity contribution is 0.342. The first kappa shape index (κ1) is 13.0. The fraction of sp³-hybridized carbons (Fsp3) is 0.188. The number of imidazole rings is 1. The number of fused-ring (bicyclic) bond motifs is 1. The first-order chi connectivity index (χ1) is 9.69. The summed E-state index contributed by atoms with van der Waals surface area (Å²) in [6.07, 6.45) is 3.97. The molecule has 2 aromatic heterocycles. The summed E-state index contributed by atoms with van der Waals surface area (Å²) in [6.45, 7) is 4.59. The van der Waals surface area contributed by atoms with Gasteiger partial charge in [-0.05, 0) is 43.7 Å². The normalized spacial score (nSPS) is 10.9. The van der Waals surface area contributed by atoms with Gasteiger partial charge in [0.2, 0.25) is 0 Å². The minimum atomic E-state index is 0.627. The van der Waals surface area contributed by atoms with E-state index in [1.807, 2.05) is 61.0 Å². The molecule has 102 valence electrons. The van der Waals surface area contributed by atoms with Crippen molar-refractivity contribution in [1.82, 2.24) is 9.38 Å². The van der Waals surface area contributed by atoms with E-state index in [0.29, 0.717) is 6.61 Å². The van der Waals surface area contributed by atoms with Gasteiger partial charge in [-0.15, -0.1) is 0 Å². The molecule has 3 rings (SSSR count). The van der Waals surface area contributed by atoms with Crippen LogP contribution in [0.5, 0.6) is 5.75 Å². The number of nitrogens with zero attached hydrogens (tertiary/aromatic N) is 2. The van der Waals surface area contributed by atoms with Crippen molar-refractivity contribution in [1.29, 1.82) is 0 Å². The number of ether oxygens (including phenoxy) is 1. The van der Waals surface area contributed by atoms with Crippen LogP contribution in [0.1, 0.15) is 12.5 Å². The number of hydrogen-bond donors (Lipinski definition) is 0. The third-order valence-corrected chi connectivity index (χ3v) is 3.62. The molecule has 0 unspecified atom stereocenters. The van der Waals surface area contributed by atoms with Gasteiger partial charge in [0.15, 0.2) is 11.4 Å². The van der Waals surface area contributed by atoms with Crippen molar-refractivity contribution >= 4 is 17.2 Å². The topological polar surface area (TPSA) is 26.5 Å². The van der Waals surface area contributed by atoms with Gasteiger partial charge in [-0.1, -0.05) is 17.7 Å². The Kier molecular flexibility index (Phi) is 3.36. The third kappa shape index (κ3) is 2.25. The monoisotopic (exact) mass is 286 g/mol. The SMILES string of the molecule is CCOc1cccn2cc(-c3ccc(Cl)c(C)c3)nc12. The Morgan fingerprint density at radius 2 is 2.15 bits per heavy atom. The molecule has 4 heteroatoms. The molecule has 3 nitrogen and oxygen atoms in total. The van der Waals surface area contributed by atoms with Gasteiger partial charge in [0.25, 0.3) is 0 Å². The van der Waals surface area contributed by atoms with Gasteiger partial charge in [-0.2, -0.15) is 0 Å². The molecule has 0 saturated carbocycles. The van der Waals surface area contributed by atoms with Gasteiger partial charge in [0.05, 0.1) is 12.3 Å². The third-order valence-electron chi connectivity index (χ3n) is 3.20. The van der Waals surface area contributed by atoms with Crippen LogP contribution in [0.25, 0.3) is 16.9 Å². The fourth-order valence-electron chi connectivity index (χ4n) is 2.20. The van der Waals surface area contributed by atoms with Gasteiger partial charge in [-0.3, -0.25) is 0 Å². The lowest BCUT2D eigenvalue weighted by atomic mass is 10.1. The Balaban J connectivity index is 2.12. The smallest absolute Gasteiger partial charge is 0.180 e. The predicted octanol–water partition coefficient (Wildman–Crippen LogP) is 4.36. The van der Waals surface area contributed by atoms with E-state index in [-0.39, 0.29) is 0 Å². The molecule has 0 bridgehead atoms. The molecular weight excluding hydrogens is 272 g/mol. The van der Waals surface area contributed by atoms with Crippen molar-refractivity contribution in [2.24, 2.45) is 0 Å². The zero-order chi connectivity index (χ0) is 14.1. The highest BCUT2D eigenvalue weighted by atomic mass is 35.5. The minimum absolute atomic E-state index is 0.627. The molecule has 1 aromatic carbocycles. The number of aromatic nitrogens is 2. The number of hydrogen-bond acceptors (Lipinski definition) is 2. The summed E-state index contributed by atoms with van der Waals surface area (Å²) < 4.78 is 7.58. The summed E-state index contributed by atoms with van der Waals surface area (Å²) in [6, 6.07) is 9.82. The van der Waals surface area contributed by atoms with E-state index in [0.717, 1.165) is 33.2 Å². The fourth-order valence-corrected chi connectivity index (χ4v) is 2.32. The number of rotatable bonds is 3. The first-order valence-corrected chi connectivity index (χ1v) is 6.94. The van der Waals surface area contributed by atoms with Crippen molar-refractivity contribution in [2.45, 2.75) is 13.8 Å². The standard InChI is InChI=1S/C16H15ClN2O/c1-3-20-15-5-4-8-19-10-14(18-16(15)19)12-6-7-13(17)11(2)9-12/h4-10H,3H2,1-2H3. The van der Waals surface area contributed by atoms with Gasteiger partial charge >= 0.3 is 0 Å². The molecule has 0 aliphatic carbocycles. The molecule has 2 heterocycles. The van der Waals surface area contributed by atoms with Crippen LogP contribution in [0.2, 0.25) is 5.02 Å². The zero-order valence-corrected chi connectivity index (χ0v) is 12.2. The van der Waals surface area contributed by atoms with Crippen molar-refractivity contribution in [3.05, 3.63) is 53.3 Å². The second-order valence-electron chi connectivity index (χ2n) is 4.63. The molecule has 0 N–H and O–H groups in total. The Labute approximate surface area is 122 Å². The van der Waals surface area contributed by atoms with E-state index < -0.39 is 0 Å². The summed E-state index contributed by atoms with van der Waals surface area (Å²) in [5.41, 5.74) is 3.85. The molecule has 0 spiro atoms. The Morgan fingerprint density at radius 1 is 1.30 bits per heavy atom. The van der Waals surface area contributed by atoms with E-state index in [2.05, 4.69) is 4.98 Å². The average Bonchev–Trinajstić information content (AvgIpc) is 2.87. The van der Waals surface area contributed by atoms with Crippen LogP contribution in [-0.2, 0) is 0 Å². The summed E-state index contributed by atoms with van der Waals surface area (Å²) in [4.78, 5) is 4.67. The maximum atomic E-state index is 6.07. The van der Waals surface area contributed by atoms with Crippen LogP contribution in [0.4, 0.5) is 0 Å². The predicted molar refractivity (Wildman–Crippen MR) is 81.5 cm³/mol.